The van der Waals surface area contributed by atoms with Gasteiger partial charge < -0.3 is 23.9 Å². The maximum Gasteiger partial charge on any atom is 0.287 e. The summed E-state index contributed by atoms with van der Waals surface area (Å²) in [7, 11) is 1.82. The van der Waals surface area contributed by atoms with Gasteiger partial charge in [0.2, 0.25) is 6.79 Å². The number of aryl methyl sites for hydroxylation is 1. The highest BCUT2D eigenvalue weighted by molar-refractivity contribution is 5.91. The van der Waals surface area contributed by atoms with E-state index in [1.54, 1.807) is 41.2 Å². The summed E-state index contributed by atoms with van der Waals surface area (Å²) in [5, 5.41) is 6.85. The molecule has 8 heteroatoms. The molecule has 1 aliphatic rings. The van der Waals surface area contributed by atoms with Crippen LogP contribution in [0.3, 0.4) is 0 Å². The Balaban J connectivity index is 1.32. The molecule has 0 unspecified atom stereocenters. The molecule has 134 valence electrons. The molecule has 1 N–H and O–H groups in total. The number of hydrogen-bond donors (Lipinski definition) is 1. The summed E-state index contributed by atoms with van der Waals surface area (Å²) in [6, 6.07) is 10.5. The van der Waals surface area contributed by atoms with Crippen molar-refractivity contribution in [1.29, 1.82) is 0 Å². The molecule has 0 radical (unpaired) electrons. The molecule has 0 saturated carbocycles. The van der Waals surface area contributed by atoms with Gasteiger partial charge in [-0.1, -0.05) is 0 Å². The van der Waals surface area contributed by atoms with Gasteiger partial charge >= 0.3 is 0 Å². The lowest BCUT2D eigenvalue weighted by Gasteiger charge is -2.05. The van der Waals surface area contributed by atoms with Crippen LogP contribution in [0.4, 0.5) is 0 Å². The molecule has 26 heavy (non-hydrogen) atoms. The smallest absolute Gasteiger partial charge is 0.287 e. The fraction of sp³-hybridized carbons (Fsp3) is 0.222. The molecule has 2 aromatic heterocycles. The van der Waals surface area contributed by atoms with E-state index >= 15 is 0 Å². The number of carbonyl (C=O) groups excluding carboxylic acids is 1. The molecular formula is C18H17N3O5. The summed E-state index contributed by atoms with van der Waals surface area (Å²) < 4.78 is 23.5. The van der Waals surface area contributed by atoms with Crippen molar-refractivity contribution in [1.82, 2.24) is 15.1 Å². The Hall–Kier alpha value is -3.42. The molecule has 0 atom stereocenters. The number of nitrogens with one attached hydrogen (secondary N) is 1. The standard InChI is InChI=1S/C18H17N3O5/c1-21-12(6-7-20-21)9-19-18(22)16-5-3-14(26-16)10-23-13-2-4-15-17(8-13)25-11-24-15/h2-8H,9-11H2,1H3,(H,19,22). The summed E-state index contributed by atoms with van der Waals surface area (Å²) >= 11 is 0. The minimum absolute atomic E-state index is 0.203. The van der Waals surface area contributed by atoms with E-state index in [-0.39, 0.29) is 25.1 Å². The molecule has 3 heterocycles. The molecule has 0 fully saturated rings. The van der Waals surface area contributed by atoms with Gasteiger partial charge in [-0.05, 0) is 30.3 Å². The van der Waals surface area contributed by atoms with Gasteiger partial charge in [0, 0.05) is 19.3 Å². The summed E-state index contributed by atoms with van der Waals surface area (Å²) in [5.41, 5.74) is 0.899. The van der Waals surface area contributed by atoms with E-state index in [2.05, 4.69) is 10.4 Å². The van der Waals surface area contributed by atoms with Crippen LogP contribution in [0.1, 0.15) is 22.0 Å². The lowest BCUT2D eigenvalue weighted by molar-refractivity contribution is 0.0918. The molecular weight excluding hydrogens is 338 g/mol. The number of aromatic nitrogens is 2. The van der Waals surface area contributed by atoms with E-state index in [0.29, 0.717) is 29.6 Å². The van der Waals surface area contributed by atoms with Crippen LogP contribution >= 0.6 is 0 Å². The largest absolute Gasteiger partial charge is 0.486 e. The number of hydrogen-bond acceptors (Lipinski definition) is 6. The highest BCUT2D eigenvalue weighted by atomic mass is 16.7. The van der Waals surface area contributed by atoms with Crippen molar-refractivity contribution in [3.63, 3.8) is 0 Å². The summed E-state index contributed by atoms with van der Waals surface area (Å²) in [6.45, 7) is 0.794. The van der Waals surface area contributed by atoms with Crippen LogP contribution in [0.2, 0.25) is 0 Å². The lowest BCUT2D eigenvalue weighted by atomic mass is 10.3. The fourth-order valence-electron chi connectivity index (χ4n) is 2.53. The first-order valence-corrected chi connectivity index (χ1v) is 8.05. The molecule has 0 aliphatic carbocycles. The van der Waals surface area contributed by atoms with E-state index < -0.39 is 0 Å². The van der Waals surface area contributed by atoms with E-state index in [9.17, 15) is 4.79 Å². The van der Waals surface area contributed by atoms with Crippen LogP contribution in [0.15, 0.2) is 47.0 Å². The highest BCUT2D eigenvalue weighted by Crippen LogP contribution is 2.35. The third kappa shape index (κ3) is 3.34. The Kier molecular flexibility index (Phi) is 4.22. The Morgan fingerprint density at radius 2 is 2.12 bits per heavy atom. The van der Waals surface area contributed by atoms with Crippen LogP contribution < -0.4 is 19.5 Å². The average molecular weight is 355 g/mol. The van der Waals surface area contributed by atoms with Crippen molar-refractivity contribution in [2.75, 3.05) is 6.79 Å². The molecule has 1 aromatic carbocycles. The van der Waals surface area contributed by atoms with Gasteiger partial charge in [0.05, 0.1) is 12.2 Å². The zero-order valence-corrected chi connectivity index (χ0v) is 14.1. The van der Waals surface area contributed by atoms with Crippen LogP contribution in [0.25, 0.3) is 0 Å². The van der Waals surface area contributed by atoms with Gasteiger partial charge in [-0.2, -0.15) is 5.10 Å². The molecule has 1 aliphatic heterocycles. The Morgan fingerprint density at radius 1 is 1.23 bits per heavy atom. The van der Waals surface area contributed by atoms with Crippen LogP contribution in [-0.2, 0) is 20.2 Å². The van der Waals surface area contributed by atoms with E-state index in [1.165, 1.54) is 0 Å². The van der Waals surface area contributed by atoms with E-state index in [0.717, 1.165) is 5.69 Å². The molecule has 8 nitrogen and oxygen atoms in total. The third-order valence-electron chi connectivity index (χ3n) is 3.96. The van der Waals surface area contributed by atoms with Crippen molar-refractivity contribution in [3.05, 3.63) is 59.8 Å². The fourth-order valence-corrected chi connectivity index (χ4v) is 2.53. The summed E-state index contributed by atoms with van der Waals surface area (Å²) in [5.74, 6) is 2.47. The SMILES string of the molecule is Cn1nccc1CNC(=O)c1ccc(COc2ccc3c(c2)OCO3)o1. The molecule has 0 bridgehead atoms. The number of amides is 1. The zero-order chi connectivity index (χ0) is 17.9. The number of furan rings is 1. The predicted octanol–water partition coefficient (Wildman–Crippen LogP) is 2.25. The maximum atomic E-state index is 12.2. The Morgan fingerprint density at radius 3 is 2.96 bits per heavy atom. The number of benzene rings is 1. The van der Waals surface area contributed by atoms with E-state index in [1.807, 2.05) is 13.1 Å². The van der Waals surface area contributed by atoms with Gasteiger partial charge in [-0.25, -0.2) is 0 Å². The van der Waals surface area contributed by atoms with E-state index in [4.69, 9.17) is 18.6 Å². The molecule has 1 amide bonds. The Bertz CT molecular complexity index is 931. The molecule has 4 rings (SSSR count). The number of fused-ring (bicyclic) bond motifs is 1. The Labute approximate surface area is 149 Å². The van der Waals surface area contributed by atoms with Gasteiger partial charge in [0.1, 0.15) is 18.1 Å². The molecule has 0 saturated heterocycles. The van der Waals surface area contributed by atoms with Crippen molar-refractivity contribution >= 4 is 5.91 Å². The van der Waals surface area contributed by atoms with Gasteiger partial charge in [-0.3, -0.25) is 9.48 Å². The van der Waals surface area contributed by atoms with Crippen LogP contribution in [0, 0.1) is 0 Å². The second kappa shape index (κ2) is 6.83. The van der Waals surface area contributed by atoms with Crippen molar-refractivity contribution in [2.24, 2.45) is 7.05 Å². The van der Waals surface area contributed by atoms with Crippen molar-refractivity contribution < 1.29 is 23.4 Å². The van der Waals surface area contributed by atoms with Gasteiger partial charge in [0.15, 0.2) is 17.3 Å². The number of nitrogens with zero attached hydrogens (tertiary/aromatic N) is 2. The van der Waals surface area contributed by atoms with Gasteiger partial charge in [-0.15, -0.1) is 0 Å². The molecule has 0 spiro atoms. The summed E-state index contributed by atoms with van der Waals surface area (Å²) in [4.78, 5) is 12.2. The number of rotatable bonds is 6. The predicted molar refractivity (Wildman–Crippen MR) is 90.0 cm³/mol. The first-order valence-electron chi connectivity index (χ1n) is 8.05. The minimum atomic E-state index is -0.291. The maximum absolute atomic E-state index is 12.2. The van der Waals surface area contributed by atoms with Crippen LogP contribution in [-0.4, -0.2) is 22.5 Å². The first-order chi connectivity index (χ1) is 12.7. The zero-order valence-electron chi connectivity index (χ0n) is 14.1. The first kappa shape index (κ1) is 16.1. The lowest BCUT2D eigenvalue weighted by Crippen LogP contribution is -2.23. The number of carbonyl (C=O) groups is 1. The quantitative estimate of drug-likeness (QED) is 0.730. The third-order valence-corrected chi connectivity index (χ3v) is 3.96. The topological polar surface area (TPSA) is 87.8 Å². The normalized spacial score (nSPS) is 12.2. The van der Waals surface area contributed by atoms with Crippen LogP contribution in [0.5, 0.6) is 17.2 Å². The minimum Gasteiger partial charge on any atom is -0.486 e. The second-order valence-electron chi connectivity index (χ2n) is 5.70. The van der Waals surface area contributed by atoms with Crippen molar-refractivity contribution in [3.8, 4) is 17.2 Å². The monoisotopic (exact) mass is 355 g/mol. The second-order valence-corrected chi connectivity index (χ2v) is 5.70. The van der Waals surface area contributed by atoms with Crippen molar-refractivity contribution in [2.45, 2.75) is 13.2 Å². The van der Waals surface area contributed by atoms with Gasteiger partial charge in [0.25, 0.3) is 5.91 Å². The average Bonchev–Trinajstić information content (AvgIpc) is 3.38. The highest BCUT2D eigenvalue weighted by Gasteiger charge is 2.15. The molecule has 3 aromatic rings. The summed E-state index contributed by atoms with van der Waals surface area (Å²) in [6.07, 6.45) is 1.68. The number of ether oxygens (including phenoxy) is 3.